The van der Waals surface area contributed by atoms with E-state index in [0.717, 1.165) is 33.8 Å². The normalized spacial score (nSPS) is 18.6. The number of ether oxygens (including phenoxy) is 2. The molecule has 28 heavy (non-hydrogen) atoms. The number of carbonyl (C=O) groups is 1. The fourth-order valence-corrected chi connectivity index (χ4v) is 3.66. The molecule has 150 valence electrons. The van der Waals surface area contributed by atoms with Crippen LogP contribution >= 0.6 is 0 Å². The zero-order valence-electron chi connectivity index (χ0n) is 17.8. The second kappa shape index (κ2) is 7.86. The largest absolute Gasteiger partial charge is 0.487 e. The fraction of sp³-hybridized carbons (Fsp3) is 0.458. The van der Waals surface area contributed by atoms with E-state index in [1.165, 1.54) is 0 Å². The summed E-state index contributed by atoms with van der Waals surface area (Å²) < 4.78 is 12.2. The zero-order valence-corrected chi connectivity index (χ0v) is 17.8. The molecule has 0 aromatic heterocycles. The van der Waals surface area contributed by atoms with Gasteiger partial charge in [0.1, 0.15) is 17.1 Å². The minimum Gasteiger partial charge on any atom is -0.487 e. The van der Waals surface area contributed by atoms with Crippen LogP contribution in [0.25, 0.3) is 0 Å². The van der Waals surface area contributed by atoms with Gasteiger partial charge in [-0.2, -0.15) is 0 Å². The van der Waals surface area contributed by atoms with Gasteiger partial charge in [0.25, 0.3) is 5.91 Å². The summed E-state index contributed by atoms with van der Waals surface area (Å²) in [5, 5.41) is 3.21. The highest BCUT2D eigenvalue weighted by molar-refractivity contribution is 5.81. The van der Waals surface area contributed by atoms with Crippen LogP contribution in [0.1, 0.15) is 61.9 Å². The van der Waals surface area contributed by atoms with Crippen LogP contribution < -0.4 is 14.8 Å². The van der Waals surface area contributed by atoms with Crippen LogP contribution in [0.15, 0.2) is 36.4 Å². The van der Waals surface area contributed by atoms with Crippen molar-refractivity contribution in [2.45, 2.75) is 72.1 Å². The number of hydrogen-bond donors (Lipinski definition) is 1. The summed E-state index contributed by atoms with van der Waals surface area (Å²) in [6.07, 6.45) is 0.793. The summed E-state index contributed by atoms with van der Waals surface area (Å²) in [7, 11) is 0. The van der Waals surface area contributed by atoms with Gasteiger partial charge < -0.3 is 14.8 Å². The SMILES string of the molecule is CC[C@H](Oc1cc(C)ccc1C)C(=O)N[C@@H]1CC(C)(C)Oc2cc(C)ccc21. The minimum atomic E-state index is -0.527. The number of fused-ring (bicyclic) bond motifs is 1. The molecule has 0 fully saturated rings. The van der Waals surface area contributed by atoms with Gasteiger partial charge in [-0.25, -0.2) is 0 Å². The molecule has 1 amide bonds. The van der Waals surface area contributed by atoms with E-state index in [-0.39, 0.29) is 17.6 Å². The van der Waals surface area contributed by atoms with Crippen LogP contribution in [0, 0.1) is 20.8 Å². The van der Waals surface area contributed by atoms with Gasteiger partial charge in [0.05, 0.1) is 6.04 Å². The van der Waals surface area contributed by atoms with E-state index in [0.29, 0.717) is 12.8 Å². The van der Waals surface area contributed by atoms with Crippen molar-refractivity contribution in [2.75, 3.05) is 0 Å². The van der Waals surface area contributed by atoms with E-state index in [1.54, 1.807) is 0 Å². The Balaban J connectivity index is 1.80. The number of carbonyl (C=O) groups excluding carboxylic acids is 1. The predicted molar refractivity (Wildman–Crippen MR) is 112 cm³/mol. The van der Waals surface area contributed by atoms with Crippen molar-refractivity contribution in [3.8, 4) is 11.5 Å². The van der Waals surface area contributed by atoms with E-state index in [2.05, 4.69) is 31.3 Å². The average Bonchev–Trinajstić information content (AvgIpc) is 2.60. The third-order valence-corrected chi connectivity index (χ3v) is 5.22. The maximum absolute atomic E-state index is 13.1. The van der Waals surface area contributed by atoms with E-state index in [9.17, 15) is 4.79 Å². The summed E-state index contributed by atoms with van der Waals surface area (Å²) in [6.45, 7) is 12.2. The van der Waals surface area contributed by atoms with Gasteiger partial charge in [-0.15, -0.1) is 0 Å². The van der Waals surface area contributed by atoms with Crippen molar-refractivity contribution in [3.05, 3.63) is 58.7 Å². The van der Waals surface area contributed by atoms with Crippen LogP contribution in [0.4, 0.5) is 0 Å². The highest BCUT2D eigenvalue weighted by Gasteiger charge is 2.35. The molecule has 1 heterocycles. The molecule has 0 saturated carbocycles. The van der Waals surface area contributed by atoms with Crippen LogP contribution in [-0.2, 0) is 4.79 Å². The molecule has 0 spiro atoms. The molecule has 4 heteroatoms. The van der Waals surface area contributed by atoms with Gasteiger partial charge in [-0.05, 0) is 69.9 Å². The van der Waals surface area contributed by atoms with E-state index in [1.807, 2.05) is 52.0 Å². The standard InChI is InChI=1S/C24H31NO3/c1-7-20(27-21-12-15(2)8-10-17(21)4)23(26)25-19-14-24(5,6)28-22-13-16(3)9-11-18(19)22/h8-13,19-20H,7,14H2,1-6H3,(H,25,26)/t19-,20+/m1/s1. The molecule has 0 unspecified atom stereocenters. The van der Waals surface area contributed by atoms with Gasteiger partial charge in [-0.1, -0.05) is 31.2 Å². The third-order valence-electron chi connectivity index (χ3n) is 5.22. The van der Waals surface area contributed by atoms with Crippen molar-refractivity contribution in [2.24, 2.45) is 0 Å². The quantitative estimate of drug-likeness (QED) is 0.775. The number of hydrogen-bond acceptors (Lipinski definition) is 3. The summed E-state index contributed by atoms with van der Waals surface area (Å²) in [4.78, 5) is 13.1. The predicted octanol–water partition coefficient (Wildman–Crippen LogP) is 5.19. The van der Waals surface area contributed by atoms with Gasteiger partial charge in [-0.3, -0.25) is 4.79 Å². The van der Waals surface area contributed by atoms with Crippen molar-refractivity contribution in [3.63, 3.8) is 0 Å². The lowest BCUT2D eigenvalue weighted by Gasteiger charge is -2.38. The summed E-state index contributed by atoms with van der Waals surface area (Å²) >= 11 is 0. The Kier molecular flexibility index (Phi) is 5.69. The number of benzene rings is 2. The van der Waals surface area contributed by atoms with Crippen LogP contribution in [0.3, 0.4) is 0 Å². The molecule has 0 radical (unpaired) electrons. The molecule has 0 aliphatic carbocycles. The first-order chi connectivity index (χ1) is 13.2. The lowest BCUT2D eigenvalue weighted by Crippen LogP contribution is -2.45. The summed E-state index contributed by atoms with van der Waals surface area (Å²) in [6, 6.07) is 12.1. The maximum Gasteiger partial charge on any atom is 0.261 e. The molecule has 0 saturated heterocycles. The summed E-state index contributed by atoms with van der Waals surface area (Å²) in [5.41, 5.74) is 3.98. The minimum absolute atomic E-state index is 0.0855. The Morgan fingerprint density at radius 3 is 2.57 bits per heavy atom. The van der Waals surface area contributed by atoms with Crippen molar-refractivity contribution in [1.82, 2.24) is 5.32 Å². The molecule has 2 atom stereocenters. The summed E-state index contributed by atoms with van der Waals surface area (Å²) in [5.74, 6) is 1.54. The van der Waals surface area contributed by atoms with Gasteiger partial charge in [0.15, 0.2) is 6.10 Å². The van der Waals surface area contributed by atoms with E-state index < -0.39 is 6.10 Å². The third kappa shape index (κ3) is 4.49. The first-order valence-corrected chi connectivity index (χ1v) is 10.0. The first kappa shape index (κ1) is 20.2. The Morgan fingerprint density at radius 1 is 1.18 bits per heavy atom. The van der Waals surface area contributed by atoms with Crippen LogP contribution in [-0.4, -0.2) is 17.6 Å². The smallest absolute Gasteiger partial charge is 0.261 e. The number of aryl methyl sites for hydroxylation is 3. The Morgan fingerprint density at radius 2 is 1.86 bits per heavy atom. The number of nitrogens with one attached hydrogen (secondary N) is 1. The van der Waals surface area contributed by atoms with Gasteiger partial charge >= 0.3 is 0 Å². The Bertz CT molecular complexity index is 872. The molecule has 4 nitrogen and oxygen atoms in total. The van der Waals surface area contributed by atoms with Gasteiger partial charge in [0.2, 0.25) is 0 Å². The van der Waals surface area contributed by atoms with Crippen LogP contribution in [0.5, 0.6) is 11.5 Å². The van der Waals surface area contributed by atoms with Crippen molar-refractivity contribution >= 4 is 5.91 Å². The molecule has 2 aromatic rings. The molecule has 1 aliphatic rings. The van der Waals surface area contributed by atoms with Crippen LogP contribution in [0.2, 0.25) is 0 Å². The highest BCUT2D eigenvalue weighted by Crippen LogP contribution is 2.40. The second-order valence-corrected chi connectivity index (χ2v) is 8.45. The topological polar surface area (TPSA) is 47.6 Å². The monoisotopic (exact) mass is 381 g/mol. The molecular weight excluding hydrogens is 350 g/mol. The number of amides is 1. The molecule has 1 N–H and O–H groups in total. The average molecular weight is 382 g/mol. The van der Waals surface area contributed by atoms with Gasteiger partial charge in [0, 0.05) is 12.0 Å². The second-order valence-electron chi connectivity index (χ2n) is 8.45. The van der Waals surface area contributed by atoms with Crippen molar-refractivity contribution < 1.29 is 14.3 Å². The molecule has 2 aromatic carbocycles. The number of rotatable bonds is 5. The first-order valence-electron chi connectivity index (χ1n) is 10.0. The fourth-order valence-electron chi connectivity index (χ4n) is 3.66. The molecule has 1 aliphatic heterocycles. The Labute approximate surface area is 168 Å². The lowest BCUT2D eigenvalue weighted by molar-refractivity contribution is -0.129. The Hall–Kier alpha value is -2.49. The van der Waals surface area contributed by atoms with Crippen molar-refractivity contribution in [1.29, 1.82) is 0 Å². The molecule has 0 bridgehead atoms. The van der Waals surface area contributed by atoms with E-state index >= 15 is 0 Å². The van der Waals surface area contributed by atoms with E-state index in [4.69, 9.17) is 9.47 Å². The zero-order chi connectivity index (χ0) is 20.5. The highest BCUT2D eigenvalue weighted by atomic mass is 16.5. The maximum atomic E-state index is 13.1. The molecule has 3 rings (SSSR count). The lowest BCUT2D eigenvalue weighted by atomic mass is 9.89. The molecular formula is C24H31NO3.